The number of hydrogen-bond donors (Lipinski definition) is 1. The summed E-state index contributed by atoms with van der Waals surface area (Å²) >= 11 is 0. The van der Waals surface area contributed by atoms with E-state index in [-0.39, 0.29) is 10.6 Å². The summed E-state index contributed by atoms with van der Waals surface area (Å²) in [4.78, 5) is 12.9. The number of nitro benzene ring substituents is 1. The quantitative estimate of drug-likeness (QED) is 0.668. The lowest BCUT2D eigenvalue weighted by Crippen LogP contribution is -2.45. The van der Waals surface area contributed by atoms with E-state index in [1.165, 1.54) is 38.8 Å². The zero-order chi connectivity index (χ0) is 14.7. The van der Waals surface area contributed by atoms with Gasteiger partial charge < -0.3 is 5.32 Å². The van der Waals surface area contributed by atoms with Gasteiger partial charge in [-0.3, -0.25) is 15.0 Å². The van der Waals surface area contributed by atoms with Crippen molar-refractivity contribution < 1.29 is 4.92 Å². The average Bonchev–Trinajstić information content (AvgIpc) is 2.91. The Kier molecular flexibility index (Phi) is 4.51. The topological polar surface area (TPSA) is 58.4 Å². The van der Waals surface area contributed by atoms with E-state index in [9.17, 15) is 10.1 Å². The van der Waals surface area contributed by atoms with E-state index in [1.54, 1.807) is 12.1 Å². The Hall–Kier alpha value is -1.46. The van der Waals surface area contributed by atoms with Crippen LogP contribution in [0.3, 0.4) is 0 Å². The fourth-order valence-corrected chi connectivity index (χ4v) is 3.67. The molecular formula is C16H23N3O2. The van der Waals surface area contributed by atoms with Crippen LogP contribution in [0.5, 0.6) is 0 Å². The summed E-state index contributed by atoms with van der Waals surface area (Å²) in [6.45, 7) is 3.46. The zero-order valence-electron chi connectivity index (χ0n) is 12.3. The van der Waals surface area contributed by atoms with Gasteiger partial charge in [-0.05, 0) is 44.3 Å². The van der Waals surface area contributed by atoms with E-state index in [0.717, 1.165) is 24.6 Å². The number of rotatable bonds is 5. The van der Waals surface area contributed by atoms with E-state index in [2.05, 4.69) is 10.2 Å². The number of piperidine rings is 1. The Labute approximate surface area is 125 Å². The second-order valence-corrected chi connectivity index (χ2v) is 6.12. The lowest BCUT2D eigenvalue weighted by atomic mass is 9.99. The number of fused-ring (bicyclic) bond motifs is 1. The lowest BCUT2D eigenvalue weighted by Gasteiger charge is -2.32. The fourth-order valence-electron chi connectivity index (χ4n) is 3.67. The number of nitrogens with zero attached hydrogens (tertiary/aromatic N) is 2. The Morgan fingerprint density at radius 1 is 1.19 bits per heavy atom. The number of hydrogen-bond acceptors (Lipinski definition) is 4. The number of nitrogens with one attached hydrogen (secondary N) is 1. The lowest BCUT2D eigenvalue weighted by molar-refractivity contribution is -0.384. The van der Waals surface area contributed by atoms with Crippen LogP contribution >= 0.6 is 0 Å². The second-order valence-electron chi connectivity index (χ2n) is 6.12. The molecule has 2 saturated heterocycles. The van der Waals surface area contributed by atoms with Crippen LogP contribution in [0, 0.1) is 10.1 Å². The normalized spacial score (nSPS) is 25.7. The van der Waals surface area contributed by atoms with Gasteiger partial charge in [-0.25, -0.2) is 0 Å². The first kappa shape index (κ1) is 14.5. The van der Waals surface area contributed by atoms with Gasteiger partial charge in [-0.2, -0.15) is 0 Å². The molecule has 0 amide bonds. The third-order valence-electron chi connectivity index (χ3n) is 4.82. The van der Waals surface area contributed by atoms with Gasteiger partial charge in [0.25, 0.3) is 5.69 Å². The van der Waals surface area contributed by atoms with Crippen LogP contribution in [-0.2, 0) is 6.42 Å². The van der Waals surface area contributed by atoms with Crippen LogP contribution in [0.1, 0.15) is 31.2 Å². The van der Waals surface area contributed by atoms with E-state index in [0.29, 0.717) is 6.04 Å². The molecule has 0 aromatic heterocycles. The molecule has 1 N–H and O–H groups in total. The highest BCUT2D eigenvalue weighted by atomic mass is 16.6. The Morgan fingerprint density at radius 2 is 2.00 bits per heavy atom. The van der Waals surface area contributed by atoms with Crippen molar-refractivity contribution in [2.45, 2.75) is 44.2 Å². The largest absolute Gasteiger partial charge is 0.312 e. The molecule has 2 aliphatic heterocycles. The second kappa shape index (κ2) is 6.54. The summed E-state index contributed by atoms with van der Waals surface area (Å²) in [5.41, 5.74) is 1.33. The summed E-state index contributed by atoms with van der Waals surface area (Å²) < 4.78 is 0. The third kappa shape index (κ3) is 3.41. The van der Waals surface area contributed by atoms with Crippen molar-refractivity contribution >= 4 is 5.69 Å². The molecule has 0 bridgehead atoms. The zero-order valence-corrected chi connectivity index (χ0v) is 12.3. The fraction of sp³-hybridized carbons (Fsp3) is 0.625. The van der Waals surface area contributed by atoms with E-state index < -0.39 is 0 Å². The molecule has 2 atom stereocenters. The van der Waals surface area contributed by atoms with Crippen molar-refractivity contribution in [3.63, 3.8) is 0 Å². The predicted molar refractivity (Wildman–Crippen MR) is 82.4 cm³/mol. The average molecular weight is 289 g/mol. The van der Waals surface area contributed by atoms with Gasteiger partial charge in [0, 0.05) is 30.8 Å². The summed E-state index contributed by atoms with van der Waals surface area (Å²) in [7, 11) is 0. The Balaban J connectivity index is 1.46. The highest BCUT2D eigenvalue weighted by Crippen LogP contribution is 2.27. The van der Waals surface area contributed by atoms with Gasteiger partial charge in [-0.1, -0.05) is 18.6 Å². The summed E-state index contributed by atoms with van der Waals surface area (Å²) in [5, 5.41) is 14.3. The van der Waals surface area contributed by atoms with Crippen molar-refractivity contribution in [2.75, 3.05) is 19.6 Å². The number of benzene rings is 1. The highest BCUT2D eigenvalue weighted by Gasteiger charge is 2.34. The SMILES string of the molecule is O=[N+]([O-])c1ccc(CCNC2CCN3CCCCC23)cc1. The maximum Gasteiger partial charge on any atom is 0.269 e. The molecule has 1 aromatic carbocycles. The molecule has 2 aliphatic rings. The summed E-state index contributed by atoms with van der Waals surface area (Å²) in [5.74, 6) is 0. The molecule has 3 rings (SSSR count). The van der Waals surface area contributed by atoms with Crippen molar-refractivity contribution in [2.24, 2.45) is 0 Å². The molecule has 0 aliphatic carbocycles. The smallest absolute Gasteiger partial charge is 0.269 e. The molecule has 2 fully saturated rings. The molecular weight excluding hydrogens is 266 g/mol. The van der Waals surface area contributed by atoms with Gasteiger partial charge in [0.1, 0.15) is 0 Å². The molecule has 21 heavy (non-hydrogen) atoms. The van der Waals surface area contributed by atoms with Crippen LogP contribution in [0.2, 0.25) is 0 Å². The first-order valence-electron chi connectivity index (χ1n) is 7.95. The van der Waals surface area contributed by atoms with Crippen LogP contribution in [0.4, 0.5) is 5.69 Å². The molecule has 1 aromatic rings. The third-order valence-corrected chi connectivity index (χ3v) is 4.82. The maximum absolute atomic E-state index is 10.6. The highest BCUT2D eigenvalue weighted by molar-refractivity contribution is 5.32. The minimum Gasteiger partial charge on any atom is -0.312 e. The van der Waals surface area contributed by atoms with Crippen LogP contribution < -0.4 is 5.32 Å². The first-order chi connectivity index (χ1) is 10.2. The molecule has 5 nitrogen and oxygen atoms in total. The number of nitro groups is 1. The van der Waals surface area contributed by atoms with E-state index >= 15 is 0 Å². The molecule has 0 spiro atoms. The molecule has 0 saturated carbocycles. The molecule has 2 heterocycles. The van der Waals surface area contributed by atoms with Gasteiger partial charge >= 0.3 is 0 Å². The molecule has 0 radical (unpaired) electrons. The van der Waals surface area contributed by atoms with Crippen molar-refractivity contribution in [1.29, 1.82) is 0 Å². The van der Waals surface area contributed by atoms with E-state index in [1.807, 2.05) is 12.1 Å². The minimum atomic E-state index is -0.349. The predicted octanol–water partition coefficient (Wildman–Crippen LogP) is 2.35. The monoisotopic (exact) mass is 289 g/mol. The van der Waals surface area contributed by atoms with E-state index in [4.69, 9.17) is 0 Å². The number of non-ortho nitro benzene ring substituents is 1. The first-order valence-corrected chi connectivity index (χ1v) is 7.95. The summed E-state index contributed by atoms with van der Waals surface area (Å²) in [6.07, 6.45) is 6.23. The van der Waals surface area contributed by atoms with Gasteiger partial charge in [0.15, 0.2) is 0 Å². The van der Waals surface area contributed by atoms with Crippen molar-refractivity contribution in [1.82, 2.24) is 10.2 Å². The minimum absolute atomic E-state index is 0.167. The maximum atomic E-state index is 10.6. The molecule has 5 heteroatoms. The van der Waals surface area contributed by atoms with Gasteiger partial charge in [0.2, 0.25) is 0 Å². The van der Waals surface area contributed by atoms with Crippen molar-refractivity contribution in [3.05, 3.63) is 39.9 Å². The Bertz CT molecular complexity index is 489. The van der Waals surface area contributed by atoms with Gasteiger partial charge in [0.05, 0.1) is 4.92 Å². The standard InChI is InChI=1S/C16H23N3O2/c20-19(21)14-6-4-13(5-7-14)8-10-17-15-9-12-18-11-2-1-3-16(15)18/h4-7,15-17H,1-3,8-12H2. The molecule has 114 valence electrons. The summed E-state index contributed by atoms with van der Waals surface area (Å²) in [6, 6.07) is 8.27. The van der Waals surface area contributed by atoms with Gasteiger partial charge in [-0.15, -0.1) is 0 Å². The van der Waals surface area contributed by atoms with Crippen LogP contribution in [0.15, 0.2) is 24.3 Å². The molecule has 2 unspecified atom stereocenters. The van der Waals surface area contributed by atoms with Crippen molar-refractivity contribution in [3.8, 4) is 0 Å². The van der Waals surface area contributed by atoms with Crippen LogP contribution in [-0.4, -0.2) is 41.5 Å². The van der Waals surface area contributed by atoms with Crippen LogP contribution in [0.25, 0.3) is 0 Å². The Morgan fingerprint density at radius 3 is 2.76 bits per heavy atom.